The van der Waals surface area contributed by atoms with Gasteiger partial charge in [-0.3, -0.25) is 4.79 Å². The summed E-state index contributed by atoms with van der Waals surface area (Å²) in [6, 6.07) is 0. The lowest BCUT2D eigenvalue weighted by molar-refractivity contribution is -0.118. The zero-order chi connectivity index (χ0) is 11.1. The standard InChI is InChI=1S/C12H19NO/c1-6-7-12(9(2)3)8-10(4)13-11(5)14/h6-9H,1H2,2-5H3,(H,13,14)/b10-8+,12-7+. The summed E-state index contributed by atoms with van der Waals surface area (Å²) in [7, 11) is 0. The molecular formula is C12H19NO. The first-order chi connectivity index (χ1) is 6.47. The van der Waals surface area contributed by atoms with Gasteiger partial charge >= 0.3 is 0 Å². The van der Waals surface area contributed by atoms with Crippen molar-refractivity contribution < 1.29 is 4.79 Å². The molecule has 0 unspecified atom stereocenters. The van der Waals surface area contributed by atoms with Gasteiger partial charge in [0.25, 0.3) is 0 Å². The second-order valence-corrected chi connectivity index (χ2v) is 3.57. The predicted molar refractivity (Wildman–Crippen MR) is 60.7 cm³/mol. The van der Waals surface area contributed by atoms with Gasteiger partial charge in [-0.25, -0.2) is 0 Å². The van der Waals surface area contributed by atoms with E-state index < -0.39 is 0 Å². The summed E-state index contributed by atoms with van der Waals surface area (Å²) in [4.78, 5) is 10.8. The Labute approximate surface area is 86.4 Å². The minimum absolute atomic E-state index is 0.0412. The van der Waals surface area contributed by atoms with E-state index in [0.717, 1.165) is 11.3 Å². The molecule has 0 rings (SSSR count). The zero-order valence-corrected chi connectivity index (χ0v) is 9.42. The van der Waals surface area contributed by atoms with Crippen LogP contribution in [-0.2, 0) is 4.79 Å². The Balaban J connectivity index is 4.64. The highest BCUT2D eigenvalue weighted by Crippen LogP contribution is 2.12. The van der Waals surface area contributed by atoms with Gasteiger partial charge in [-0.05, 0) is 24.5 Å². The molecule has 1 N–H and O–H groups in total. The Bertz CT molecular complexity index is 272. The number of carbonyl (C=O) groups is 1. The van der Waals surface area contributed by atoms with Crippen LogP contribution in [0.5, 0.6) is 0 Å². The molecule has 14 heavy (non-hydrogen) atoms. The van der Waals surface area contributed by atoms with Gasteiger partial charge in [0.05, 0.1) is 0 Å². The maximum Gasteiger partial charge on any atom is 0.220 e. The Morgan fingerprint density at radius 2 is 1.93 bits per heavy atom. The van der Waals surface area contributed by atoms with E-state index in [1.165, 1.54) is 6.92 Å². The Kier molecular flexibility index (Phi) is 5.61. The highest BCUT2D eigenvalue weighted by Gasteiger charge is 2.00. The lowest BCUT2D eigenvalue weighted by Crippen LogP contribution is -2.17. The average molecular weight is 193 g/mol. The lowest BCUT2D eigenvalue weighted by atomic mass is 10.0. The van der Waals surface area contributed by atoms with Crippen LogP contribution >= 0.6 is 0 Å². The highest BCUT2D eigenvalue weighted by molar-refractivity contribution is 5.74. The molecule has 0 aliphatic heterocycles. The molecule has 0 aromatic carbocycles. The van der Waals surface area contributed by atoms with Gasteiger partial charge in [0.1, 0.15) is 0 Å². The summed E-state index contributed by atoms with van der Waals surface area (Å²) in [5.74, 6) is 0.386. The van der Waals surface area contributed by atoms with E-state index in [2.05, 4.69) is 25.7 Å². The fraction of sp³-hybridized carbons (Fsp3) is 0.417. The summed E-state index contributed by atoms with van der Waals surface area (Å²) in [5, 5.41) is 2.73. The molecule has 0 spiro atoms. The van der Waals surface area contributed by atoms with E-state index in [1.807, 2.05) is 19.1 Å². The van der Waals surface area contributed by atoms with Crippen LogP contribution in [0.2, 0.25) is 0 Å². The van der Waals surface area contributed by atoms with Crippen molar-refractivity contribution in [3.05, 3.63) is 36.1 Å². The maximum atomic E-state index is 10.8. The van der Waals surface area contributed by atoms with Gasteiger partial charge in [0, 0.05) is 12.6 Å². The van der Waals surface area contributed by atoms with Gasteiger partial charge in [-0.1, -0.05) is 32.6 Å². The predicted octanol–water partition coefficient (Wildman–Crippen LogP) is 2.79. The molecule has 0 aliphatic rings. The van der Waals surface area contributed by atoms with Crippen LogP contribution in [0.15, 0.2) is 36.1 Å². The van der Waals surface area contributed by atoms with Crippen LogP contribution in [0.25, 0.3) is 0 Å². The van der Waals surface area contributed by atoms with Gasteiger partial charge in [-0.15, -0.1) is 0 Å². The van der Waals surface area contributed by atoms with Crippen molar-refractivity contribution >= 4 is 5.91 Å². The van der Waals surface area contributed by atoms with Crippen LogP contribution in [0.4, 0.5) is 0 Å². The van der Waals surface area contributed by atoms with E-state index in [9.17, 15) is 4.79 Å². The van der Waals surface area contributed by atoms with Crippen molar-refractivity contribution in [2.75, 3.05) is 0 Å². The first-order valence-corrected chi connectivity index (χ1v) is 4.76. The molecule has 1 amide bonds. The number of carbonyl (C=O) groups excluding carboxylic acids is 1. The number of nitrogens with one attached hydrogen (secondary N) is 1. The molecule has 0 saturated heterocycles. The average Bonchev–Trinajstić information content (AvgIpc) is 2.01. The fourth-order valence-electron chi connectivity index (χ4n) is 1.11. The molecule has 2 nitrogen and oxygen atoms in total. The van der Waals surface area contributed by atoms with Gasteiger partial charge < -0.3 is 5.32 Å². The summed E-state index contributed by atoms with van der Waals surface area (Å²) < 4.78 is 0. The lowest BCUT2D eigenvalue weighted by Gasteiger charge is -2.08. The molecule has 78 valence electrons. The summed E-state index contributed by atoms with van der Waals surface area (Å²) >= 11 is 0. The molecular weight excluding hydrogens is 174 g/mol. The number of hydrogen-bond donors (Lipinski definition) is 1. The van der Waals surface area contributed by atoms with Crippen molar-refractivity contribution in [3.8, 4) is 0 Å². The quantitative estimate of drug-likeness (QED) is 0.683. The third-order valence-corrected chi connectivity index (χ3v) is 1.73. The fourth-order valence-corrected chi connectivity index (χ4v) is 1.11. The van der Waals surface area contributed by atoms with Crippen LogP contribution in [-0.4, -0.2) is 5.91 Å². The molecule has 0 aromatic rings. The molecule has 0 aliphatic carbocycles. The summed E-state index contributed by atoms with van der Waals surface area (Å²) in [6.07, 6.45) is 5.68. The van der Waals surface area contributed by atoms with Crippen LogP contribution in [0.3, 0.4) is 0 Å². The van der Waals surface area contributed by atoms with Crippen LogP contribution < -0.4 is 5.32 Å². The molecule has 0 radical (unpaired) electrons. The largest absolute Gasteiger partial charge is 0.330 e. The second-order valence-electron chi connectivity index (χ2n) is 3.57. The smallest absolute Gasteiger partial charge is 0.220 e. The van der Waals surface area contributed by atoms with E-state index in [0.29, 0.717) is 5.92 Å². The Morgan fingerprint density at radius 1 is 1.36 bits per heavy atom. The van der Waals surface area contributed by atoms with E-state index >= 15 is 0 Å². The van der Waals surface area contributed by atoms with E-state index in [1.54, 1.807) is 6.08 Å². The highest BCUT2D eigenvalue weighted by atomic mass is 16.1. The van der Waals surface area contributed by atoms with Crippen molar-refractivity contribution in [1.82, 2.24) is 5.32 Å². The summed E-state index contributed by atoms with van der Waals surface area (Å²) in [6.45, 7) is 11.2. The molecule has 0 saturated carbocycles. The zero-order valence-electron chi connectivity index (χ0n) is 9.42. The number of rotatable bonds is 4. The normalized spacial score (nSPS) is 12.9. The number of hydrogen-bond acceptors (Lipinski definition) is 1. The SMILES string of the molecule is C=C/C=C(\C=C(/C)NC(C)=O)C(C)C. The molecule has 0 fully saturated rings. The molecule has 0 bridgehead atoms. The number of amides is 1. The van der Waals surface area contributed by atoms with Crippen molar-refractivity contribution in [2.24, 2.45) is 5.92 Å². The second kappa shape index (κ2) is 6.19. The van der Waals surface area contributed by atoms with Crippen molar-refractivity contribution in [1.29, 1.82) is 0 Å². The van der Waals surface area contributed by atoms with Crippen molar-refractivity contribution in [2.45, 2.75) is 27.7 Å². The van der Waals surface area contributed by atoms with E-state index in [4.69, 9.17) is 0 Å². The first kappa shape index (κ1) is 12.7. The van der Waals surface area contributed by atoms with E-state index in [-0.39, 0.29) is 5.91 Å². The summed E-state index contributed by atoms with van der Waals surface area (Å²) in [5.41, 5.74) is 2.02. The monoisotopic (exact) mass is 193 g/mol. The molecule has 2 heteroatoms. The van der Waals surface area contributed by atoms with Gasteiger partial charge in [-0.2, -0.15) is 0 Å². The minimum atomic E-state index is -0.0412. The minimum Gasteiger partial charge on any atom is -0.330 e. The molecule has 0 aromatic heterocycles. The van der Waals surface area contributed by atoms with Gasteiger partial charge in [0.2, 0.25) is 5.91 Å². The van der Waals surface area contributed by atoms with Gasteiger partial charge in [0.15, 0.2) is 0 Å². The number of allylic oxidation sites excluding steroid dienone is 5. The molecule has 0 atom stereocenters. The third kappa shape index (κ3) is 5.36. The topological polar surface area (TPSA) is 29.1 Å². The third-order valence-electron chi connectivity index (χ3n) is 1.73. The Hall–Kier alpha value is -1.31. The van der Waals surface area contributed by atoms with Crippen molar-refractivity contribution in [3.63, 3.8) is 0 Å². The van der Waals surface area contributed by atoms with Crippen LogP contribution in [0, 0.1) is 5.92 Å². The first-order valence-electron chi connectivity index (χ1n) is 4.76. The maximum absolute atomic E-state index is 10.8. The Morgan fingerprint density at radius 3 is 2.29 bits per heavy atom. The van der Waals surface area contributed by atoms with Crippen LogP contribution in [0.1, 0.15) is 27.7 Å². The molecule has 0 heterocycles.